The van der Waals surface area contributed by atoms with Gasteiger partial charge in [0.25, 0.3) is 0 Å². The van der Waals surface area contributed by atoms with E-state index in [4.69, 9.17) is 5.26 Å². The zero-order chi connectivity index (χ0) is 11.3. The number of hydrogen-bond acceptors (Lipinski definition) is 4. The fraction of sp³-hybridized carbons (Fsp3) is 0.273. The van der Waals surface area contributed by atoms with Gasteiger partial charge >= 0.3 is 5.97 Å². The van der Waals surface area contributed by atoms with E-state index < -0.39 is 0 Å². The minimum Gasteiger partial charge on any atom is -0.465 e. The Morgan fingerprint density at radius 1 is 1.60 bits per heavy atom. The van der Waals surface area contributed by atoms with Crippen molar-refractivity contribution >= 4 is 17.7 Å². The molecule has 0 aliphatic heterocycles. The second-order valence-corrected chi connectivity index (χ2v) is 3.94. The highest BCUT2D eigenvalue weighted by atomic mass is 32.2. The van der Waals surface area contributed by atoms with Crippen molar-refractivity contribution in [2.24, 2.45) is 0 Å². The maximum atomic E-state index is 11.2. The van der Waals surface area contributed by atoms with Gasteiger partial charge in [-0.25, -0.2) is 4.79 Å². The van der Waals surface area contributed by atoms with Crippen LogP contribution in [0.4, 0.5) is 0 Å². The van der Waals surface area contributed by atoms with Gasteiger partial charge in [-0.05, 0) is 30.7 Å². The van der Waals surface area contributed by atoms with E-state index in [0.717, 1.165) is 10.5 Å². The zero-order valence-corrected chi connectivity index (χ0v) is 9.43. The third-order valence-electron chi connectivity index (χ3n) is 1.89. The smallest absolute Gasteiger partial charge is 0.337 e. The first-order valence-electron chi connectivity index (χ1n) is 4.37. The Hall–Kier alpha value is -1.47. The summed E-state index contributed by atoms with van der Waals surface area (Å²) in [7, 11) is 1.36. The van der Waals surface area contributed by atoms with Gasteiger partial charge in [0.05, 0.1) is 24.5 Å². The van der Waals surface area contributed by atoms with E-state index in [-0.39, 0.29) is 5.97 Å². The van der Waals surface area contributed by atoms with E-state index in [1.807, 2.05) is 13.0 Å². The molecule has 1 aromatic carbocycles. The van der Waals surface area contributed by atoms with Crippen LogP contribution in [0, 0.1) is 18.3 Å². The van der Waals surface area contributed by atoms with Gasteiger partial charge < -0.3 is 4.74 Å². The van der Waals surface area contributed by atoms with Crippen molar-refractivity contribution in [3.05, 3.63) is 29.3 Å². The average Bonchev–Trinajstić information content (AvgIpc) is 2.26. The molecule has 0 saturated carbocycles. The van der Waals surface area contributed by atoms with Crippen LogP contribution in [0.5, 0.6) is 0 Å². The van der Waals surface area contributed by atoms with Gasteiger partial charge in [0.15, 0.2) is 0 Å². The topological polar surface area (TPSA) is 50.1 Å². The molecule has 0 bridgehead atoms. The highest BCUT2D eigenvalue weighted by Crippen LogP contribution is 2.23. The molecule has 0 aromatic heterocycles. The van der Waals surface area contributed by atoms with E-state index in [1.165, 1.54) is 18.9 Å². The van der Waals surface area contributed by atoms with Crippen LogP contribution in [0.15, 0.2) is 23.1 Å². The highest BCUT2D eigenvalue weighted by molar-refractivity contribution is 7.99. The zero-order valence-electron chi connectivity index (χ0n) is 8.61. The summed E-state index contributed by atoms with van der Waals surface area (Å²) in [5, 5.41) is 8.45. The molecule has 15 heavy (non-hydrogen) atoms. The van der Waals surface area contributed by atoms with Gasteiger partial charge in [-0.15, -0.1) is 11.8 Å². The van der Waals surface area contributed by atoms with Gasteiger partial charge in [-0.2, -0.15) is 5.26 Å². The number of rotatable bonds is 3. The molecule has 0 N–H and O–H groups in total. The monoisotopic (exact) mass is 221 g/mol. The molecular weight excluding hydrogens is 210 g/mol. The summed E-state index contributed by atoms with van der Waals surface area (Å²) in [6.45, 7) is 1.91. The SMILES string of the molecule is COC(=O)c1ccc(SCC#N)c(C)c1. The molecule has 1 aromatic rings. The molecule has 0 radical (unpaired) electrons. The quantitative estimate of drug-likeness (QED) is 0.581. The fourth-order valence-electron chi connectivity index (χ4n) is 1.17. The lowest BCUT2D eigenvalue weighted by atomic mass is 10.1. The van der Waals surface area contributed by atoms with E-state index in [0.29, 0.717) is 11.3 Å². The number of nitriles is 1. The minimum absolute atomic E-state index is 0.338. The molecule has 78 valence electrons. The number of benzene rings is 1. The first-order valence-corrected chi connectivity index (χ1v) is 5.36. The van der Waals surface area contributed by atoms with Crippen LogP contribution in [-0.2, 0) is 4.74 Å². The predicted molar refractivity (Wildman–Crippen MR) is 58.9 cm³/mol. The van der Waals surface area contributed by atoms with Gasteiger partial charge in [0.1, 0.15) is 0 Å². The van der Waals surface area contributed by atoms with Gasteiger partial charge in [0, 0.05) is 4.90 Å². The predicted octanol–water partition coefficient (Wildman–Crippen LogP) is 2.40. The van der Waals surface area contributed by atoms with Crippen molar-refractivity contribution in [2.75, 3.05) is 12.9 Å². The fourth-order valence-corrected chi connectivity index (χ4v) is 1.84. The van der Waals surface area contributed by atoms with Crippen LogP contribution in [0.25, 0.3) is 0 Å². The molecule has 3 nitrogen and oxygen atoms in total. The number of carbonyl (C=O) groups is 1. The Balaban J connectivity index is 2.89. The molecule has 0 fully saturated rings. The normalized spacial score (nSPS) is 9.40. The second-order valence-electron chi connectivity index (χ2n) is 2.92. The Bertz CT molecular complexity index is 410. The number of nitrogens with zero attached hydrogens (tertiary/aromatic N) is 1. The number of ether oxygens (including phenoxy) is 1. The number of methoxy groups -OCH3 is 1. The number of hydrogen-bond donors (Lipinski definition) is 0. The number of esters is 1. The lowest BCUT2D eigenvalue weighted by Gasteiger charge is -2.05. The standard InChI is InChI=1S/C11H11NO2S/c1-8-7-9(11(13)14-2)3-4-10(8)15-6-5-12/h3-4,7H,6H2,1-2H3. The third-order valence-corrected chi connectivity index (χ3v) is 2.93. The second kappa shape index (κ2) is 5.42. The average molecular weight is 221 g/mol. The molecule has 0 aliphatic rings. The third kappa shape index (κ3) is 3.00. The maximum absolute atomic E-state index is 11.2. The molecule has 0 spiro atoms. The summed E-state index contributed by atoms with van der Waals surface area (Å²) in [6.07, 6.45) is 0. The van der Waals surface area contributed by atoms with Crippen LogP contribution in [0.2, 0.25) is 0 Å². The van der Waals surface area contributed by atoms with E-state index in [1.54, 1.807) is 12.1 Å². The maximum Gasteiger partial charge on any atom is 0.337 e. The summed E-state index contributed by atoms with van der Waals surface area (Å²) in [4.78, 5) is 12.2. The van der Waals surface area contributed by atoms with Gasteiger partial charge in [0.2, 0.25) is 0 Å². The van der Waals surface area contributed by atoms with Crippen molar-refractivity contribution in [3.63, 3.8) is 0 Å². The van der Waals surface area contributed by atoms with Crippen molar-refractivity contribution in [1.82, 2.24) is 0 Å². The summed E-state index contributed by atoms with van der Waals surface area (Å²) in [5.41, 5.74) is 1.52. The molecule has 0 saturated heterocycles. The van der Waals surface area contributed by atoms with E-state index >= 15 is 0 Å². The number of thioether (sulfide) groups is 1. The first-order chi connectivity index (χ1) is 7.19. The molecule has 0 atom stereocenters. The molecular formula is C11H11NO2S. The Kier molecular flexibility index (Phi) is 4.19. The van der Waals surface area contributed by atoms with Crippen LogP contribution in [0.3, 0.4) is 0 Å². The molecule has 0 aliphatic carbocycles. The van der Waals surface area contributed by atoms with Crippen molar-refractivity contribution in [3.8, 4) is 6.07 Å². The lowest BCUT2D eigenvalue weighted by Crippen LogP contribution is -2.01. The first kappa shape index (κ1) is 11.6. The Morgan fingerprint density at radius 3 is 2.87 bits per heavy atom. The van der Waals surface area contributed by atoms with Crippen molar-refractivity contribution in [1.29, 1.82) is 5.26 Å². The molecule has 4 heteroatoms. The molecule has 0 amide bonds. The summed E-state index contributed by atoms with van der Waals surface area (Å²) in [6, 6.07) is 7.38. The summed E-state index contributed by atoms with van der Waals surface area (Å²) >= 11 is 1.46. The Morgan fingerprint density at radius 2 is 2.33 bits per heavy atom. The van der Waals surface area contributed by atoms with E-state index in [9.17, 15) is 4.79 Å². The highest BCUT2D eigenvalue weighted by Gasteiger charge is 2.07. The van der Waals surface area contributed by atoms with Crippen molar-refractivity contribution in [2.45, 2.75) is 11.8 Å². The Labute approximate surface area is 93.0 Å². The van der Waals surface area contributed by atoms with Crippen LogP contribution in [0.1, 0.15) is 15.9 Å². The molecule has 0 heterocycles. The van der Waals surface area contributed by atoms with Crippen LogP contribution in [-0.4, -0.2) is 18.8 Å². The van der Waals surface area contributed by atoms with Crippen molar-refractivity contribution < 1.29 is 9.53 Å². The molecule has 1 rings (SSSR count). The number of aryl methyl sites for hydroxylation is 1. The number of carbonyl (C=O) groups excluding carboxylic acids is 1. The van der Waals surface area contributed by atoms with Gasteiger partial charge in [-0.3, -0.25) is 0 Å². The van der Waals surface area contributed by atoms with E-state index in [2.05, 4.69) is 10.8 Å². The minimum atomic E-state index is -0.338. The molecule has 0 unspecified atom stereocenters. The lowest BCUT2D eigenvalue weighted by molar-refractivity contribution is 0.0600. The van der Waals surface area contributed by atoms with Crippen LogP contribution < -0.4 is 0 Å². The largest absolute Gasteiger partial charge is 0.465 e. The van der Waals surface area contributed by atoms with Crippen LogP contribution >= 0.6 is 11.8 Å². The van der Waals surface area contributed by atoms with Gasteiger partial charge in [-0.1, -0.05) is 0 Å². The summed E-state index contributed by atoms with van der Waals surface area (Å²) < 4.78 is 4.61. The summed E-state index contributed by atoms with van der Waals surface area (Å²) in [5.74, 6) is 0.0771.